The molecule has 1 saturated heterocycles. The van der Waals surface area contributed by atoms with E-state index in [4.69, 9.17) is 4.74 Å². The lowest BCUT2D eigenvalue weighted by Crippen LogP contribution is -2.57. The van der Waals surface area contributed by atoms with E-state index >= 15 is 0 Å². The summed E-state index contributed by atoms with van der Waals surface area (Å²) < 4.78 is 46.5. The smallest absolute Gasteiger partial charge is 0.411 e. The summed E-state index contributed by atoms with van der Waals surface area (Å²) in [5.74, 6) is -1.42. The molecular weight excluding hydrogens is 307 g/mol. The zero-order chi connectivity index (χ0) is 17.1. The fourth-order valence-electron chi connectivity index (χ4n) is 2.15. The van der Waals surface area contributed by atoms with Gasteiger partial charge in [-0.15, -0.1) is 0 Å². The summed E-state index contributed by atoms with van der Waals surface area (Å²) in [5, 5.41) is 9.25. The van der Waals surface area contributed by atoms with Crippen LogP contribution in [0.25, 0.3) is 0 Å². The van der Waals surface area contributed by atoms with Crippen molar-refractivity contribution in [2.45, 2.75) is 57.5 Å². The molecule has 2 atom stereocenters. The minimum Gasteiger partial charge on any atom is -0.480 e. The molecule has 0 bridgehead atoms. The number of nitrogens with zero attached hydrogens (tertiary/aromatic N) is 1. The Morgan fingerprint density at radius 3 is 2.32 bits per heavy atom. The first-order valence-corrected chi connectivity index (χ1v) is 6.81. The van der Waals surface area contributed by atoms with Gasteiger partial charge in [-0.25, -0.2) is 9.59 Å². The molecule has 6 nitrogen and oxygen atoms in total. The Labute approximate surface area is 126 Å². The molecule has 128 valence electrons. The zero-order valence-corrected chi connectivity index (χ0v) is 12.6. The number of carboxylic acid groups (broad SMARTS) is 1. The molecule has 1 heterocycles. The van der Waals surface area contributed by atoms with Crippen LogP contribution in [-0.4, -0.2) is 59.1 Å². The number of hydrogen-bond acceptors (Lipinski definition) is 4. The second kappa shape index (κ2) is 6.72. The lowest BCUT2D eigenvalue weighted by atomic mass is 9.99. The highest BCUT2D eigenvalue weighted by Gasteiger charge is 2.43. The van der Waals surface area contributed by atoms with Crippen LogP contribution in [0.4, 0.5) is 18.0 Å². The molecule has 2 unspecified atom stereocenters. The van der Waals surface area contributed by atoms with Crippen molar-refractivity contribution in [1.29, 1.82) is 0 Å². The van der Waals surface area contributed by atoms with E-state index in [2.05, 4.69) is 4.74 Å². The molecule has 1 aliphatic rings. The van der Waals surface area contributed by atoms with Gasteiger partial charge in [-0.2, -0.15) is 13.2 Å². The molecule has 0 radical (unpaired) electrons. The van der Waals surface area contributed by atoms with Gasteiger partial charge in [0.2, 0.25) is 0 Å². The maximum atomic E-state index is 12.2. The van der Waals surface area contributed by atoms with Crippen LogP contribution in [0.2, 0.25) is 0 Å². The van der Waals surface area contributed by atoms with Crippen LogP contribution in [0, 0.1) is 0 Å². The van der Waals surface area contributed by atoms with Crippen LogP contribution in [0.1, 0.15) is 33.6 Å². The van der Waals surface area contributed by atoms with E-state index in [-0.39, 0.29) is 13.0 Å². The molecule has 0 aromatic carbocycles. The number of likely N-dealkylation sites (tertiary alicyclic amines) is 1. The van der Waals surface area contributed by atoms with Crippen LogP contribution in [-0.2, 0) is 14.3 Å². The van der Waals surface area contributed by atoms with Crippen molar-refractivity contribution in [3.63, 3.8) is 0 Å². The van der Waals surface area contributed by atoms with E-state index in [1.54, 1.807) is 20.8 Å². The highest BCUT2D eigenvalue weighted by Crippen LogP contribution is 2.25. The van der Waals surface area contributed by atoms with Crippen molar-refractivity contribution in [1.82, 2.24) is 4.90 Å². The van der Waals surface area contributed by atoms with E-state index < -0.39 is 42.6 Å². The molecule has 1 aliphatic heterocycles. The molecule has 1 amide bonds. The number of aliphatic carboxylic acids is 1. The fourth-order valence-corrected chi connectivity index (χ4v) is 2.15. The highest BCUT2D eigenvalue weighted by molar-refractivity contribution is 5.81. The largest absolute Gasteiger partial charge is 0.480 e. The number of ether oxygens (including phenoxy) is 2. The van der Waals surface area contributed by atoms with Crippen LogP contribution in [0.3, 0.4) is 0 Å². The Hall–Kier alpha value is -1.51. The summed E-state index contributed by atoms with van der Waals surface area (Å²) in [7, 11) is 0. The molecular formula is C13H20F3NO5. The molecule has 0 spiro atoms. The number of carbonyl (C=O) groups is 2. The Morgan fingerprint density at radius 1 is 1.27 bits per heavy atom. The average molecular weight is 327 g/mol. The predicted octanol–water partition coefficient (Wildman–Crippen LogP) is 2.42. The first-order chi connectivity index (χ1) is 9.91. The number of hydrogen-bond donors (Lipinski definition) is 1. The van der Waals surface area contributed by atoms with E-state index in [1.165, 1.54) is 0 Å². The number of rotatable bonds is 3. The number of carbonyl (C=O) groups excluding carboxylic acids is 1. The quantitative estimate of drug-likeness (QED) is 0.861. The average Bonchev–Trinajstić information content (AvgIpc) is 2.32. The van der Waals surface area contributed by atoms with E-state index in [1.807, 2.05) is 0 Å². The van der Waals surface area contributed by atoms with Crippen LogP contribution in [0.5, 0.6) is 0 Å². The molecule has 1 rings (SSSR count). The number of alkyl halides is 3. The van der Waals surface area contributed by atoms with Gasteiger partial charge in [0.05, 0.1) is 6.10 Å². The maximum absolute atomic E-state index is 12.2. The number of carboxylic acids is 1. The minimum atomic E-state index is -4.56. The van der Waals surface area contributed by atoms with Gasteiger partial charge in [0, 0.05) is 6.54 Å². The third-order valence-corrected chi connectivity index (χ3v) is 2.92. The third kappa shape index (κ3) is 5.70. The van der Waals surface area contributed by atoms with Gasteiger partial charge in [-0.3, -0.25) is 4.90 Å². The third-order valence-electron chi connectivity index (χ3n) is 2.92. The van der Waals surface area contributed by atoms with Gasteiger partial charge in [-0.1, -0.05) is 0 Å². The normalized spacial score (nSPS) is 23.3. The van der Waals surface area contributed by atoms with Crippen LogP contribution >= 0.6 is 0 Å². The van der Waals surface area contributed by atoms with E-state index in [0.29, 0.717) is 6.42 Å². The Kier molecular flexibility index (Phi) is 5.66. The van der Waals surface area contributed by atoms with Crippen LogP contribution in [0.15, 0.2) is 0 Å². The molecule has 1 fully saturated rings. The van der Waals surface area contributed by atoms with Crippen molar-refractivity contribution < 1.29 is 37.3 Å². The molecule has 9 heteroatoms. The van der Waals surface area contributed by atoms with Crippen molar-refractivity contribution in [2.24, 2.45) is 0 Å². The van der Waals surface area contributed by atoms with Crippen molar-refractivity contribution in [2.75, 3.05) is 13.2 Å². The molecule has 0 aromatic rings. The summed E-state index contributed by atoms with van der Waals surface area (Å²) in [6.07, 6.45) is -6.18. The lowest BCUT2D eigenvalue weighted by molar-refractivity contribution is -0.198. The summed E-state index contributed by atoms with van der Waals surface area (Å²) in [6, 6.07) is -1.49. The van der Waals surface area contributed by atoms with Crippen LogP contribution < -0.4 is 0 Å². The SMILES string of the molecule is CC(C)(C)OC(=O)N1CCCC(OCC(F)(F)F)C1C(=O)O. The zero-order valence-electron chi connectivity index (χ0n) is 12.6. The Morgan fingerprint density at radius 2 is 1.86 bits per heavy atom. The van der Waals surface area contributed by atoms with Gasteiger partial charge in [0.15, 0.2) is 6.04 Å². The van der Waals surface area contributed by atoms with Gasteiger partial charge < -0.3 is 14.6 Å². The predicted molar refractivity (Wildman–Crippen MR) is 69.4 cm³/mol. The summed E-state index contributed by atoms with van der Waals surface area (Å²) >= 11 is 0. The lowest BCUT2D eigenvalue weighted by Gasteiger charge is -2.39. The Bertz CT molecular complexity index is 419. The number of halogens is 3. The summed E-state index contributed by atoms with van der Waals surface area (Å²) in [4.78, 5) is 24.3. The summed E-state index contributed by atoms with van der Waals surface area (Å²) in [6.45, 7) is 3.38. The molecule has 0 saturated carbocycles. The Balaban J connectivity index is 2.84. The fraction of sp³-hybridized carbons (Fsp3) is 0.846. The number of piperidine rings is 1. The van der Waals surface area contributed by atoms with Crippen molar-refractivity contribution >= 4 is 12.1 Å². The van der Waals surface area contributed by atoms with E-state index in [0.717, 1.165) is 4.90 Å². The standard InChI is InChI=1S/C13H20F3NO5/c1-12(2,3)22-11(20)17-6-4-5-8(9(17)10(18)19)21-7-13(14,15)16/h8-9H,4-7H2,1-3H3,(H,18,19). The number of amides is 1. The van der Waals surface area contributed by atoms with Gasteiger partial charge >= 0.3 is 18.2 Å². The first-order valence-electron chi connectivity index (χ1n) is 6.81. The molecule has 22 heavy (non-hydrogen) atoms. The first kappa shape index (κ1) is 18.5. The maximum Gasteiger partial charge on any atom is 0.411 e. The molecule has 0 aromatic heterocycles. The highest BCUT2D eigenvalue weighted by atomic mass is 19.4. The molecule has 0 aliphatic carbocycles. The van der Waals surface area contributed by atoms with Gasteiger partial charge in [0.1, 0.15) is 12.2 Å². The van der Waals surface area contributed by atoms with Crippen molar-refractivity contribution in [3.05, 3.63) is 0 Å². The monoisotopic (exact) mass is 327 g/mol. The van der Waals surface area contributed by atoms with E-state index in [9.17, 15) is 27.9 Å². The summed E-state index contributed by atoms with van der Waals surface area (Å²) in [5.41, 5.74) is -0.833. The topological polar surface area (TPSA) is 76.1 Å². The van der Waals surface area contributed by atoms with Crippen molar-refractivity contribution in [3.8, 4) is 0 Å². The second-order valence-corrected chi connectivity index (χ2v) is 6.06. The second-order valence-electron chi connectivity index (χ2n) is 6.06. The van der Waals surface area contributed by atoms with Gasteiger partial charge in [-0.05, 0) is 33.6 Å². The molecule has 1 N–H and O–H groups in total. The minimum absolute atomic E-state index is 0.0950. The van der Waals surface area contributed by atoms with Gasteiger partial charge in [0.25, 0.3) is 0 Å².